The summed E-state index contributed by atoms with van der Waals surface area (Å²) >= 11 is 0. The second-order valence-electron chi connectivity index (χ2n) is 5.18. The first-order valence-corrected chi connectivity index (χ1v) is 7.40. The zero-order valence-electron chi connectivity index (χ0n) is 13.7. The van der Waals surface area contributed by atoms with Crippen LogP contribution >= 0.6 is 0 Å². The van der Waals surface area contributed by atoms with E-state index in [1.807, 2.05) is 0 Å². The summed E-state index contributed by atoms with van der Waals surface area (Å²) in [6.07, 6.45) is -0.103. The summed E-state index contributed by atoms with van der Waals surface area (Å²) in [5.74, 6) is -2.52. The standard InChI is InChI=1S/C18H17F2NO4/c1-24-15-6-4-3-5-11(15)9-16(22)21-17(18(23)25-2)13-10-12(19)7-8-14(13)20/h3-8,10,17H,9H2,1-2H3,(H,21,22). The number of benzene rings is 2. The molecule has 0 spiro atoms. The number of carbonyl (C=O) groups is 2. The lowest BCUT2D eigenvalue weighted by Crippen LogP contribution is -2.36. The molecule has 0 saturated heterocycles. The van der Waals surface area contributed by atoms with Gasteiger partial charge in [0.2, 0.25) is 5.91 Å². The van der Waals surface area contributed by atoms with Crippen LogP contribution in [-0.2, 0) is 20.7 Å². The number of methoxy groups -OCH3 is 2. The van der Waals surface area contributed by atoms with Gasteiger partial charge in [0.25, 0.3) is 0 Å². The number of hydrogen-bond acceptors (Lipinski definition) is 4. The summed E-state index contributed by atoms with van der Waals surface area (Å²) in [6.45, 7) is 0. The predicted molar refractivity (Wildman–Crippen MR) is 86.0 cm³/mol. The van der Waals surface area contributed by atoms with Crippen molar-refractivity contribution in [2.24, 2.45) is 0 Å². The molecule has 5 nitrogen and oxygen atoms in total. The summed E-state index contributed by atoms with van der Waals surface area (Å²) in [6, 6.07) is 8.05. The molecule has 0 aromatic heterocycles. The van der Waals surface area contributed by atoms with Crippen molar-refractivity contribution in [1.29, 1.82) is 0 Å². The second-order valence-corrected chi connectivity index (χ2v) is 5.18. The third-order valence-corrected chi connectivity index (χ3v) is 3.55. The van der Waals surface area contributed by atoms with Gasteiger partial charge >= 0.3 is 5.97 Å². The summed E-state index contributed by atoms with van der Waals surface area (Å²) in [5, 5.41) is 2.38. The van der Waals surface area contributed by atoms with Crippen molar-refractivity contribution in [3.05, 3.63) is 65.2 Å². The molecule has 1 N–H and O–H groups in total. The molecule has 0 radical (unpaired) electrons. The lowest BCUT2D eigenvalue weighted by Gasteiger charge is -2.18. The van der Waals surface area contributed by atoms with Gasteiger partial charge < -0.3 is 14.8 Å². The molecule has 132 valence electrons. The van der Waals surface area contributed by atoms with Crippen LogP contribution in [0, 0.1) is 11.6 Å². The van der Waals surface area contributed by atoms with Crippen LogP contribution in [0.25, 0.3) is 0 Å². The minimum Gasteiger partial charge on any atom is -0.496 e. The Morgan fingerprint density at radius 1 is 1.12 bits per heavy atom. The number of para-hydroxylation sites is 1. The number of amides is 1. The molecule has 0 heterocycles. The molecule has 0 fully saturated rings. The molecule has 1 atom stereocenters. The van der Waals surface area contributed by atoms with Crippen molar-refractivity contribution in [3.63, 3.8) is 0 Å². The van der Waals surface area contributed by atoms with Crippen LogP contribution in [0.4, 0.5) is 8.78 Å². The van der Waals surface area contributed by atoms with Gasteiger partial charge in [-0.05, 0) is 24.3 Å². The van der Waals surface area contributed by atoms with Crippen molar-refractivity contribution < 1.29 is 27.8 Å². The molecular weight excluding hydrogens is 332 g/mol. The van der Waals surface area contributed by atoms with E-state index in [4.69, 9.17) is 4.74 Å². The Labute approximate surface area is 143 Å². The first-order valence-electron chi connectivity index (χ1n) is 7.40. The SMILES string of the molecule is COC(=O)C(NC(=O)Cc1ccccc1OC)c1cc(F)ccc1F. The minimum atomic E-state index is -1.46. The molecule has 0 aliphatic rings. The van der Waals surface area contributed by atoms with Crippen LogP contribution in [0.5, 0.6) is 5.75 Å². The molecular formula is C18H17F2NO4. The monoisotopic (exact) mass is 349 g/mol. The Kier molecular flexibility index (Phi) is 6.05. The Morgan fingerprint density at radius 2 is 1.84 bits per heavy atom. The van der Waals surface area contributed by atoms with Gasteiger partial charge in [0.1, 0.15) is 17.4 Å². The Bertz CT molecular complexity index is 779. The van der Waals surface area contributed by atoms with Crippen molar-refractivity contribution >= 4 is 11.9 Å². The fraction of sp³-hybridized carbons (Fsp3) is 0.222. The Morgan fingerprint density at radius 3 is 2.52 bits per heavy atom. The molecule has 2 aromatic carbocycles. The summed E-state index contributed by atoms with van der Waals surface area (Å²) in [4.78, 5) is 24.2. The van der Waals surface area contributed by atoms with E-state index in [0.29, 0.717) is 11.3 Å². The molecule has 1 unspecified atom stereocenters. The van der Waals surface area contributed by atoms with Gasteiger partial charge in [-0.15, -0.1) is 0 Å². The van der Waals surface area contributed by atoms with E-state index >= 15 is 0 Å². The van der Waals surface area contributed by atoms with E-state index in [1.165, 1.54) is 7.11 Å². The van der Waals surface area contributed by atoms with Gasteiger partial charge in [0.15, 0.2) is 6.04 Å². The Hall–Kier alpha value is -2.96. The first kappa shape index (κ1) is 18.4. The molecule has 0 bridgehead atoms. The highest BCUT2D eigenvalue weighted by molar-refractivity contribution is 5.86. The van der Waals surface area contributed by atoms with Crippen LogP contribution < -0.4 is 10.1 Å². The zero-order valence-corrected chi connectivity index (χ0v) is 13.7. The maximum Gasteiger partial charge on any atom is 0.333 e. The molecule has 25 heavy (non-hydrogen) atoms. The number of hydrogen-bond donors (Lipinski definition) is 1. The summed E-state index contributed by atoms with van der Waals surface area (Å²) < 4.78 is 37.1. The maximum absolute atomic E-state index is 14.0. The van der Waals surface area contributed by atoms with Gasteiger partial charge in [-0.2, -0.15) is 0 Å². The molecule has 0 aliphatic heterocycles. The number of esters is 1. The minimum absolute atomic E-state index is 0.103. The van der Waals surface area contributed by atoms with Gasteiger partial charge in [-0.1, -0.05) is 18.2 Å². The lowest BCUT2D eigenvalue weighted by molar-refractivity contribution is -0.145. The molecule has 0 saturated carbocycles. The van der Waals surface area contributed by atoms with Crippen LogP contribution in [0.1, 0.15) is 17.2 Å². The Balaban J connectivity index is 2.24. The van der Waals surface area contributed by atoms with E-state index < -0.39 is 29.6 Å². The van der Waals surface area contributed by atoms with E-state index in [2.05, 4.69) is 10.1 Å². The highest BCUT2D eigenvalue weighted by Crippen LogP contribution is 2.21. The van der Waals surface area contributed by atoms with E-state index in [0.717, 1.165) is 25.3 Å². The molecule has 2 rings (SSSR count). The summed E-state index contributed by atoms with van der Waals surface area (Å²) in [7, 11) is 2.56. The van der Waals surface area contributed by atoms with Crippen LogP contribution in [0.3, 0.4) is 0 Å². The quantitative estimate of drug-likeness (QED) is 0.814. The molecule has 7 heteroatoms. The largest absolute Gasteiger partial charge is 0.496 e. The number of carbonyl (C=O) groups excluding carboxylic acids is 2. The van der Waals surface area contributed by atoms with Crippen molar-refractivity contribution in [3.8, 4) is 5.75 Å². The number of ether oxygens (including phenoxy) is 2. The van der Waals surface area contributed by atoms with Crippen molar-refractivity contribution in [2.75, 3.05) is 14.2 Å². The van der Waals surface area contributed by atoms with Gasteiger partial charge in [-0.3, -0.25) is 4.79 Å². The molecule has 2 aromatic rings. The van der Waals surface area contributed by atoms with E-state index in [9.17, 15) is 18.4 Å². The van der Waals surface area contributed by atoms with E-state index in [-0.39, 0.29) is 12.0 Å². The van der Waals surface area contributed by atoms with Crippen LogP contribution in [0.15, 0.2) is 42.5 Å². The van der Waals surface area contributed by atoms with Crippen LogP contribution in [-0.4, -0.2) is 26.1 Å². The zero-order chi connectivity index (χ0) is 18.4. The lowest BCUT2D eigenvalue weighted by atomic mass is 10.0. The highest BCUT2D eigenvalue weighted by Gasteiger charge is 2.27. The fourth-order valence-electron chi connectivity index (χ4n) is 2.35. The highest BCUT2D eigenvalue weighted by atomic mass is 19.1. The third kappa shape index (κ3) is 4.53. The van der Waals surface area contributed by atoms with Crippen molar-refractivity contribution in [2.45, 2.75) is 12.5 Å². The van der Waals surface area contributed by atoms with E-state index in [1.54, 1.807) is 24.3 Å². The average molecular weight is 349 g/mol. The first-order chi connectivity index (χ1) is 12.0. The third-order valence-electron chi connectivity index (χ3n) is 3.55. The topological polar surface area (TPSA) is 64.6 Å². The smallest absolute Gasteiger partial charge is 0.333 e. The normalized spacial score (nSPS) is 11.5. The van der Waals surface area contributed by atoms with Gasteiger partial charge in [0, 0.05) is 11.1 Å². The van der Waals surface area contributed by atoms with Gasteiger partial charge in [0.05, 0.1) is 20.6 Å². The number of rotatable bonds is 6. The second kappa shape index (κ2) is 8.23. The number of nitrogens with one attached hydrogen (secondary N) is 1. The maximum atomic E-state index is 14.0. The van der Waals surface area contributed by atoms with Gasteiger partial charge in [-0.25, -0.2) is 13.6 Å². The average Bonchev–Trinajstić information content (AvgIpc) is 2.61. The molecule has 0 aliphatic carbocycles. The van der Waals surface area contributed by atoms with Crippen LogP contribution in [0.2, 0.25) is 0 Å². The molecule has 1 amide bonds. The number of halogens is 2. The van der Waals surface area contributed by atoms with Crippen molar-refractivity contribution in [1.82, 2.24) is 5.32 Å². The summed E-state index contributed by atoms with van der Waals surface area (Å²) in [5.41, 5.74) is 0.283. The predicted octanol–water partition coefficient (Wildman–Crippen LogP) is 2.55. The fourth-order valence-corrected chi connectivity index (χ4v) is 2.35.